The first kappa shape index (κ1) is 16.7. The molecular formula is C20H28N4O. The number of hydrogen-bond acceptors (Lipinski definition) is 5. The van der Waals surface area contributed by atoms with Gasteiger partial charge in [-0.2, -0.15) is 0 Å². The Labute approximate surface area is 150 Å². The van der Waals surface area contributed by atoms with Crippen LogP contribution in [0.15, 0.2) is 29.0 Å². The van der Waals surface area contributed by atoms with E-state index in [-0.39, 0.29) is 0 Å². The van der Waals surface area contributed by atoms with Crippen molar-refractivity contribution in [2.24, 2.45) is 5.41 Å². The fourth-order valence-electron chi connectivity index (χ4n) is 4.46. The number of aryl methyl sites for hydroxylation is 2. The fraction of sp³-hybridized carbons (Fsp3) is 0.600. The van der Waals surface area contributed by atoms with Crippen LogP contribution in [-0.2, 0) is 13.1 Å². The van der Waals surface area contributed by atoms with Gasteiger partial charge in [0.05, 0.1) is 5.69 Å². The third kappa shape index (κ3) is 3.62. The predicted octanol–water partition coefficient (Wildman–Crippen LogP) is 3.17. The van der Waals surface area contributed by atoms with Gasteiger partial charge in [-0.1, -0.05) is 11.2 Å². The maximum Gasteiger partial charge on any atom is 0.138 e. The van der Waals surface area contributed by atoms with E-state index in [1.54, 1.807) is 0 Å². The molecule has 2 fully saturated rings. The Bertz CT molecular complexity index is 684. The van der Waals surface area contributed by atoms with Gasteiger partial charge in [0.2, 0.25) is 0 Å². The van der Waals surface area contributed by atoms with Crippen LogP contribution in [0.5, 0.6) is 0 Å². The molecule has 0 radical (unpaired) electrons. The van der Waals surface area contributed by atoms with Crippen molar-refractivity contribution in [2.75, 3.05) is 26.2 Å². The second-order valence-electron chi connectivity index (χ2n) is 7.90. The zero-order chi connectivity index (χ0) is 17.3. The minimum atomic E-state index is 0.525. The van der Waals surface area contributed by atoms with Crippen LogP contribution in [0.25, 0.3) is 0 Å². The number of piperidine rings is 1. The van der Waals surface area contributed by atoms with Crippen LogP contribution in [0.4, 0.5) is 0 Å². The standard InChI is InChI=1S/C20H28N4O/c1-16-19(17(2)25-22-16)14-23-9-5-20(6-10-23)7-11-24(15-20)13-18-4-3-8-21-12-18/h3-4,8,12H,5-7,9-11,13-15H2,1-2H3. The molecule has 2 aliphatic heterocycles. The molecule has 0 saturated carbocycles. The minimum Gasteiger partial charge on any atom is -0.361 e. The molecule has 4 rings (SSSR count). The van der Waals surface area contributed by atoms with E-state index >= 15 is 0 Å². The molecule has 0 unspecified atom stereocenters. The van der Waals surface area contributed by atoms with Gasteiger partial charge in [0, 0.05) is 37.6 Å². The molecule has 0 aromatic carbocycles. The molecule has 5 nitrogen and oxygen atoms in total. The molecule has 0 N–H and O–H groups in total. The van der Waals surface area contributed by atoms with E-state index < -0.39 is 0 Å². The van der Waals surface area contributed by atoms with Gasteiger partial charge in [-0.25, -0.2) is 0 Å². The lowest BCUT2D eigenvalue weighted by Crippen LogP contribution is -2.41. The molecule has 0 atom stereocenters. The highest BCUT2D eigenvalue weighted by Gasteiger charge is 2.40. The second kappa shape index (κ2) is 6.89. The molecule has 5 heteroatoms. The van der Waals surface area contributed by atoms with Crippen LogP contribution >= 0.6 is 0 Å². The first-order valence-corrected chi connectivity index (χ1v) is 9.39. The van der Waals surface area contributed by atoms with Gasteiger partial charge in [0.25, 0.3) is 0 Å². The van der Waals surface area contributed by atoms with E-state index in [9.17, 15) is 0 Å². The summed E-state index contributed by atoms with van der Waals surface area (Å²) in [6, 6.07) is 4.22. The lowest BCUT2D eigenvalue weighted by Gasteiger charge is -2.39. The zero-order valence-electron chi connectivity index (χ0n) is 15.4. The van der Waals surface area contributed by atoms with Crippen molar-refractivity contribution in [3.8, 4) is 0 Å². The lowest BCUT2D eigenvalue weighted by molar-refractivity contribution is 0.101. The molecule has 2 aliphatic rings. The molecule has 2 aromatic rings. The summed E-state index contributed by atoms with van der Waals surface area (Å²) in [5, 5.41) is 4.09. The van der Waals surface area contributed by atoms with Crippen LogP contribution in [0.1, 0.15) is 41.8 Å². The van der Waals surface area contributed by atoms with Gasteiger partial charge in [-0.3, -0.25) is 14.8 Å². The van der Waals surface area contributed by atoms with Gasteiger partial charge in [0.1, 0.15) is 5.76 Å². The van der Waals surface area contributed by atoms with Crippen molar-refractivity contribution >= 4 is 0 Å². The average Bonchev–Trinajstić information content (AvgIpc) is 3.16. The van der Waals surface area contributed by atoms with Gasteiger partial charge in [0.15, 0.2) is 0 Å². The van der Waals surface area contributed by atoms with E-state index in [0.29, 0.717) is 5.41 Å². The van der Waals surface area contributed by atoms with Gasteiger partial charge in [-0.15, -0.1) is 0 Å². The van der Waals surface area contributed by atoms with Gasteiger partial charge < -0.3 is 4.52 Å². The van der Waals surface area contributed by atoms with Crippen molar-refractivity contribution in [2.45, 2.75) is 46.2 Å². The van der Waals surface area contributed by atoms with E-state index in [0.717, 1.165) is 24.5 Å². The predicted molar refractivity (Wildman–Crippen MR) is 97.1 cm³/mol. The molecule has 0 bridgehead atoms. The summed E-state index contributed by atoms with van der Waals surface area (Å²) in [5.74, 6) is 0.973. The van der Waals surface area contributed by atoms with Crippen molar-refractivity contribution in [3.05, 3.63) is 47.1 Å². The van der Waals surface area contributed by atoms with Crippen LogP contribution in [0, 0.1) is 19.3 Å². The summed E-state index contributed by atoms with van der Waals surface area (Å²) in [6.45, 7) is 10.9. The Morgan fingerprint density at radius 2 is 1.84 bits per heavy atom. The number of pyridine rings is 1. The van der Waals surface area contributed by atoms with Gasteiger partial charge in [-0.05, 0) is 69.8 Å². The first-order chi connectivity index (χ1) is 12.1. The summed E-state index contributed by atoms with van der Waals surface area (Å²) < 4.78 is 5.31. The Balaban J connectivity index is 1.31. The van der Waals surface area contributed by atoms with E-state index in [1.807, 2.05) is 32.3 Å². The lowest BCUT2D eigenvalue weighted by atomic mass is 9.77. The zero-order valence-corrected chi connectivity index (χ0v) is 15.4. The fourth-order valence-corrected chi connectivity index (χ4v) is 4.46. The maximum atomic E-state index is 5.31. The maximum absolute atomic E-state index is 5.31. The number of aromatic nitrogens is 2. The number of likely N-dealkylation sites (tertiary alicyclic amines) is 2. The third-order valence-electron chi connectivity index (χ3n) is 6.13. The third-order valence-corrected chi connectivity index (χ3v) is 6.13. The largest absolute Gasteiger partial charge is 0.361 e. The van der Waals surface area contributed by atoms with Crippen LogP contribution in [-0.4, -0.2) is 46.1 Å². The summed E-state index contributed by atoms with van der Waals surface area (Å²) in [7, 11) is 0. The van der Waals surface area contributed by atoms with E-state index in [2.05, 4.69) is 26.0 Å². The van der Waals surface area contributed by atoms with Crippen LogP contribution in [0.3, 0.4) is 0 Å². The summed E-state index contributed by atoms with van der Waals surface area (Å²) in [4.78, 5) is 9.43. The normalized spacial score (nSPS) is 21.2. The van der Waals surface area contributed by atoms with E-state index in [4.69, 9.17) is 4.52 Å². The Morgan fingerprint density at radius 1 is 1.08 bits per heavy atom. The van der Waals surface area contributed by atoms with Gasteiger partial charge >= 0.3 is 0 Å². The topological polar surface area (TPSA) is 45.4 Å². The Hall–Kier alpha value is -1.72. The molecule has 0 aliphatic carbocycles. The molecule has 0 amide bonds. The molecule has 2 aromatic heterocycles. The molecule has 2 saturated heterocycles. The van der Waals surface area contributed by atoms with Crippen molar-refractivity contribution < 1.29 is 4.52 Å². The average molecular weight is 340 g/mol. The Kier molecular flexibility index (Phi) is 4.61. The SMILES string of the molecule is Cc1noc(C)c1CN1CCC2(CC1)CCN(Cc1cccnc1)C2. The number of hydrogen-bond donors (Lipinski definition) is 0. The van der Waals surface area contributed by atoms with Crippen molar-refractivity contribution in [1.82, 2.24) is 19.9 Å². The molecule has 1 spiro atoms. The summed E-state index contributed by atoms with van der Waals surface area (Å²) in [6.07, 6.45) is 7.80. The van der Waals surface area contributed by atoms with Crippen LogP contribution in [0.2, 0.25) is 0 Å². The monoisotopic (exact) mass is 340 g/mol. The molecule has 4 heterocycles. The van der Waals surface area contributed by atoms with Crippen LogP contribution < -0.4 is 0 Å². The van der Waals surface area contributed by atoms with E-state index in [1.165, 1.54) is 56.6 Å². The highest BCUT2D eigenvalue weighted by Crippen LogP contribution is 2.41. The number of rotatable bonds is 4. The molecule has 134 valence electrons. The first-order valence-electron chi connectivity index (χ1n) is 9.39. The number of nitrogens with zero attached hydrogens (tertiary/aromatic N) is 4. The summed E-state index contributed by atoms with van der Waals surface area (Å²) in [5.41, 5.74) is 4.18. The second-order valence-corrected chi connectivity index (χ2v) is 7.90. The van der Waals surface area contributed by atoms with Crippen molar-refractivity contribution in [3.63, 3.8) is 0 Å². The quantitative estimate of drug-likeness (QED) is 0.855. The molecule has 25 heavy (non-hydrogen) atoms. The molecular weight excluding hydrogens is 312 g/mol. The summed E-state index contributed by atoms with van der Waals surface area (Å²) >= 11 is 0. The Morgan fingerprint density at radius 3 is 2.48 bits per heavy atom. The smallest absolute Gasteiger partial charge is 0.138 e. The minimum absolute atomic E-state index is 0.525. The highest BCUT2D eigenvalue weighted by molar-refractivity contribution is 5.20. The van der Waals surface area contributed by atoms with Crippen molar-refractivity contribution in [1.29, 1.82) is 0 Å². The highest BCUT2D eigenvalue weighted by atomic mass is 16.5.